The zero-order valence-corrected chi connectivity index (χ0v) is 18.7. The second-order valence-electron chi connectivity index (χ2n) is 8.40. The minimum atomic E-state index is -0.771. The largest absolute Gasteiger partial charge is 0.341 e. The number of anilines is 1. The molecule has 7 nitrogen and oxygen atoms in total. The molecule has 1 aliphatic rings. The molecule has 7 heteroatoms. The van der Waals surface area contributed by atoms with Gasteiger partial charge in [-0.3, -0.25) is 19.2 Å². The van der Waals surface area contributed by atoms with Crippen LogP contribution in [-0.4, -0.2) is 45.9 Å². The number of hydrogen-bond acceptors (Lipinski definition) is 4. The molecule has 4 rings (SSSR count). The minimum absolute atomic E-state index is 0.0201. The molecule has 2 aromatic carbocycles. The summed E-state index contributed by atoms with van der Waals surface area (Å²) in [5.74, 6) is -1.51. The molecule has 1 fully saturated rings. The van der Waals surface area contributed by atoms with Crippen LogP contribution in [0.25, 0.3) is 10.9 Å². The van der Waals surface area contributed by atoms with E-state index in [9.17, 15) is 19.2 Å². The average molecular weight is 446 g/mol. The van der Waals surface area contributed by atoms with Crippen LogP contribution < -0.4 is 5.32 Å². The molecule has 1 N–H and O–H groups in total. The first-order chi connectivity index (χ1) is 15.9. The topological polar surface area (TPSA) is 88.5 Å². The fraction of sp³-hybridized carbons (Fsp3) is 0.308. The summed E-state index contributed by atoms with van der Waals surface area (Å²) in [6.45, 7) is 3.11. The molecule has 2 heterocycles. The predicted molar refractivity (Wildman–Crippen MR) is 126 cm³/mol. The number of carbonyl (C=O) groups is 4. The van der Waals surface area contributed by atoms with Gasteiger partial charge >= 0.3 is 0 Å². The van der Waals surface area contributed by atoms with Crippen molar-refractivity contribution in [1.82, 2.24) is 9.47 Å². The number of nitrogens with one attached hydrogen (secondary N) is 1. The first-order valence-corrected chi connectivity index (χ1v) is 11.3. The lowest BCUT2D eigenvalue weighted by atomic mass is 10.1. The lowest BCUT2D eigenvalue weighted by Crippen LogP contribution is -2.34. The number of likely N-dealkylation sites (tertiary alicyclic amines) is 1. The molecule has 1 aliphatic heterocycles. The van der Waals surface area contributed by atoms with Crippen molar-refractivity contribution in [3.63, 3.8) is 0 Å². The van der Waals surface area contributed by atoms with Crippen LogP contribution in [0.1, 0.15) is 53.3 Å². The molecule has 0 bridgehead atoms. The molecule has 33 heavy (non-hydrogen) atoms. The van der Waals surface area contributed by atoms with Crippen molar-refractivity contribution in [2.75, 3.05) is 18.4 Å². The van der Waals surface area contributed by atoms with Gasteiger partial charge in [-0.15, -0.1) is 0 Å². The van der Waals surface area contributed by atoms with Crippen molar-refractivity contribution in [2.24, 2.45) is 0 Å². The van der Waals surface area contributed by atoms with E-state index in [4.69, 9.17) is 0 Å². The second kappa shape index (κ2) is 9.81. The summed E-state index contributed by atoms with van der Waals surface area (Å²) < 4.78 is 1.75. The van der Waals surface area contributed by atoms with E-state index in [2.05, 4.69) is 5.32 Å². The monoisotopic (exact) mass is 445 g/mol. The van der Waals surface area contributed by atoms with E-state index < -0.39 is 11.7 Å². The smallest absolute Gasteiger partial charge is 0.296 e. The summed E-state index contributed by atoms with van der Waals surface area (Å²) in [5.41, 5.74) is 1.95. The molecule has 170 valence electrons. The van der Waals surface area contributed by atoms with Crippen LogP contribution in [0.3, 0.4) is 0 Å². The first kappa shape index (κ1) is 22.5. The van der Waals surface area contributed by atoms with E-state index in [1.54, 1.807) is 47.2 Å². The Morgan fingerprint density at radius 3 is 2.21 bits per heavy atom. The molecule has 0 saturated carbocycles. The Bertz CT molecular complexity index is 1200. The molecule has 2 amide bonds. The normalized spacial score (nSPS) is 14.0. The third-order valence-corrected chi connectivity index (χ3v) is 6.05. The van der Waals surface area contributed by atoms with Gasteiger partial charge in [0.2, 0.25) is 5.91 Å². The van der Waals surface area contributed by atoms with E-state index in [1.807, 2.05) is 17.0 Å². The van der Waals surface area contributed by atoms with Crippen molar-refractivity contribution in [3.8, 4) is 0 Å². The van der Waals surface area contributed by atoms with Crippen molar-refractivity contribution in [3.05, 3.63) is 65.9 Å². The number of fused-ring (bicyclic) bond motifs is 1. The van der Waals surface area contributed by atoms with E-state index in [1.165, 1.54) is 6.92 Å². The Labute approximate surface area is 192 Å². The number of benzene rings is 2. The zero-order chi connectivity index (χ0) is 23.4. The van der Waals surface area contributed by atoms with Gasteiger partial charge in [0.15, 0.2) is 5.78 Å². The van der Waals surface area contributed by atoms with Crippen molar-refractivity contribution in [2.45, 2.75) is 39.2 Å². The number of aromatic nitrogens is 1. The predicted octanol–water partition coefficient (Wildman–Crippen LogP) is 4.07. The first-order valence-electron chi connectivity index (χ1n) is 11.3. The summed E-state index contributed by atoms with van der Waals surface area (Å²) >= 11 is 0. The molecule has 1 aromatic heterocycles. The van der Waals surface area contributed by atoms with Crippen molar-refractivity contribution in [1.29, 1.82) is 0 Å². The summed E-state index contributed by atoms with van der Waals surface area (Å²) in [6, 6.07) is 13.7. The summed E-state index contributed by atoms with van der Waals surface area (Å²) in [4.78, 5) is 51.9. The molecule has 0 spiro atoms. The van der Waals surface area contributed by atoms with Crippen LogP contribution in [0.15, 0.2) is 54.7 Å². The summed E-state index contributed by atoms with van der Waals surface area (Å²) in [5, 5.41) is 3.23. The van der Waals surface area contributed by atoms with Crippen LogP contribution in [-0.2, 0) is 16.1 Å². The second-order valence-corrected chi connectivity index (χ2v) is 8.40. The van der Waals surface area contributed by atoms with E-state index >= 15 is 0 Å². The van der Waals surface area contributed by atoms with Gasteiger partial charge in [-0.2, -0.15) is 0 Å². The van der Waals surface area contributed by atoms with E-state index in [0.717, 1.165) is 44.3 Å². The van der Waals surface area contributed by atoms with Crippen molar-refractivity contribution < 1.29 is 19.2 Å². The third kappa shape index (κ3) is 5.03. The van der Waals surface area contributed by atoms with Crippen LogP contribution >= 0.6 is 0 Å². The van der Waals surface area contributed by atoms with Gasteiger partial charge in [0.1, 0.15) is 6.54 Å². The number of para-hydroxylation sites is 1. The molecule has 0 aliphatic carbocycles. The Kier molecular flexibility index (Phi) is 6.68. The third-order valence-electron chi connectivity index (χ3n) is 6.05. The zero-order valence-electron chi connectivity index (χ0n) is 18.7. The van der Waals surface area contributed by atoms with Gasteiger partial charge < -0.3 is 14.8 Å². The van der Waals surface area contributed by atoms with Gasteiger partial charge in [0.05, 0.1) is 5.56 Å². The van der Waals surface area contributed by atoms with E-state index in [0.29, 0.717) is 16.6 Å². The van der Waals surface area contributed by atoms with Crippen molar-refractivity contribution >= 4 is 40.0 Å². The maximum atomic E-state index is 13.0. The summed E-state index contributed by atoms with van der Waals surface area (Å²) in [6.07, 6.45) is 5.90. The highest BCUT2D eigenvalue weighted by molar-refractivity contribution is 6.48. The number of amides is 2. The van der Waals surface area contributed by atoms with Gasteiger partial charge in [-0.1, -0.05) is 31.0 Å². The molecule has 0 radical (unpaired) electrons. The molecular weight excluding hydrogens is 418 g/mol. The number of rotatable bonds is 6. The molecule has 1 saturated heterocycles. The van der Waals surface area contributed by atoms with Crippen LogP contribution in [0.2, 0.25) is 0 Å². The highest BCUT2D eigenvalue weighted by Gasteiger charge is 2.23. The van der Waals surface area contributed by atoms with E-state index in [-0.39, 0.29) is 23.8 Å². The molecular formula is C26H27N3O4. The average Bonchev–Trinajstić information content (AvgIpc) is 2.98. The number of ketones is 2. The minimum Gasteiger partial charge on any atom is -0.341 e. The fourth-order valence-electron chi connectivity index (χ4n) is 4.22. The molecule has 3 aromatic rings. The highest BCUT2D eigenvalue weighted by Crippen LogP contribution is 2.23. The molecule has 0 unspecified atom stereocenters. The van der Waals surface area contributed by atoms with Crippen LogP contribution in [0.5, 0.6) is 0 Å². The fourth-order valence-corrected chi connectivity index (χ4v) is 4.22. The number of hydrogen-bond donors (Lipinski definition) is 1. The maximum Gasteiger partial charge on any atom is 0.296 e. The van der Waals surface area contributed by atoms with Crippen LogP contribution in [0, 0.1) is 0 Å². The van der Waals surface area contributed by atoms with Crippen LogP contribution in [0.4, 0.5) is 5.69 Å². The summed E-state index contributed by atoms with van der Waals surface area (Å²) in [7, 11) is 0. The number of carbonyl (C=O) groups excluding carboxylic acids is 4. The lowest BCUT2D eigenvalue weighted by molar-refractivity contribution is -0.131. The Balaban J connectivity index is 1.54. The number of nitrogens with zero attached hydrogens (tertiary/aromatic N) is 2. The Hall–Kier alpha value is -3.74. The van der Waals surface area contributed by atoms with Gasteiger partial charge in [-0.25, -0.2) is 0 Å². The van der Waals surface area contributed by atoms with Gasteiger partial charge in [0.25, 0.3) is 11.7 Å². The quantitative estimate of drug-likeness (QED) is 0.458. The molecule has 0 atom stereocenters. The standard InChI is InChI=1S/C26H27N3O4/c1-18(30)19-10-12-20(13-11-19)27-26(33)25(32)22-16-29(23-9-5-4-8-21(22)23)17-24(31)28-14-6-2-3-7-15-28/h4-5,8-13,16H,2-3,6-7,14-15,17H2,1H3,(H,27,33). The highest BCUT2D eigenvalue weighted by atomic mass is 16.2. The number of Topliss-reactive ketones (excluding diaryl/α,β-unsaturated/α-hetero) is 2. The van der Waals surface area contributed by atoms with Gasteiger partial charge in [-0.05, 0) is 50.1 Å². The van der Waals surface area contributed by atoms with Gasteiger partial charge in [0, 0.05) is 41.4 Å². The lowest BCUT2D eigenvalue weighted by Gasteiger charge is -2.20. The Morgan fingerprint density at radius 1 is 0.879 bits per heavy atom. The SMILES string of the molecule is CC(=O)c1ccc(NC(=O)C(=O)c2cn(CC(=O)N3CCCCCC3)c3ccccc23)cc1. The Morgan fingerprint density at radius 2 is 1.55 bits per heavy atom. The maximum absolute atomic E-state index is 13.0.